The van der Waals surface area contributed by atoms with E-state index in [1.165, 1.54) is 141 Å². The van der Waals surface area contributed by atoms with E-state index in [0.717, 1.165) is 58.3 Å². The van der Waals surface area contributed by atoms with Gasteiger partial charge in [0, 0.05) is 19.8 Å². The smallest absolute Gasteiger partial charge is 0.364 e. The van der Waals surface area contributed by atoms with Crippen molar-refractivity contribution in [2.75, 3.05) is 26.4 Å². The van der Waals surface area contributed by atoms with Crippen LogP contribution >= 0.6 is 0 Å². The first kappa shape index (κ1) is 78.0. The summed E-state index contributed by atoms with van der Waals surface area (Å²) in [7, 11) is 0. The Kier molecular flexibility index (Phi) is 40.9. The SMILES string of the molecule is CCCCCCCCCCCCCCCCCCCCCC(O)C(COC1OC(CO)C(OC2OC(CO)C(O)C(OC3(C(=O)O)CC(O)C(NC(C)=O)C(C(O)C(O)CO)O3)C2O)C(O)C1O)NC(=O)CCCCCCCCCCCCCCC. The number of unbranched alkanes of at least 4 members (excludes halogenated alkanes) is 30. The van der Waals surface area contributed by atoms with Gasteiger partial charge in [0.15, 0.2) is 12.6 Å². The van der Waals surface area contributed by atoms with Crippen molar-refractivity contribution in [1.29, 1.82) is 0 Å². The Balaban J connectivity index is 1.61. The third-order valence-electron chi connectivity index (χ3n) is 17.3. The maximum atomic E-state index is 13.4. The van der Waals surface area contributed by atoms with Crippen LogP contribution in [0, 0.1) is 0 Å². The largest absolute Gasteiger partial charge is 0.477 e. The quantitative estimate of drug-likeness (QED) is 0.0358. The van der Waals surface area contributed by atoms with E-state index >= 15 is 0 Å². The van der Waals surface area contributed by atoms with Gasteiger partial charge in [-0.3, -0.25) is 9.59 Å². The summed E-state index contributed by atoms with van der Waals surface area (Å²) in [4.78, 5) is 38.5. The van der Waals surface area contributed by atoms with Gasteiger partial charge in [-0.2, -0.15) is 0 Å². The topological polar surface area (TPSA) is 373 Å². The molecule has 14 N–H and O–H groups in total. The first-order valence-electron chi connectivity index (χ1n) is 33.4. The maximum absolute atomic E-state index is 13.4. The fourth-order valence-electron chi connectivity index (χ4n) is 11.9. The number of hydrogen-bond acceptors (Lipinski definition) is 20. The zero-order chi connectivity index (χ0) is 63.3. The molecule has 3 fully saturated rings. The lowest BCUT2D eigenvalue weighted by atomic mass is 9.88. The van der Waals surface area contributed by atoms with E-state index in [9.17, 15) is 75.7 Å². The molecule has 0 saturated carbocycles. The number of carboxylic acid groups (broad SMARTS) is 1. The minimum atomic E-state index is -3.08. The predicted octanol–water partition coefficient (Wildman–Crippen LogP) is 4.95. The normalized spacial score (nSPS) is 29.3. The lowest BCUT2D eigenvalue weighted by molar-refractivity contribution is -0.386. The molecule has 3 saturated heterocycles. The number of hydrogen-bond donors (Lipinski definition) is 14. The Hall–Kier alpha value is -2.27. The van der Waals surface area contributed by atoms with E-state index in [0.29, 0.717) is 19.3 Å². The summed E-state index contributed by atoms with van der Waals surface area (Å²) in [6.45, 7) is 2.20. The van der Waals surface area contributed by atoms with Crippen LogP contribution in [0.15, 0.2) is 0 Å². The number of aliphatic hydroxyl groups is 11. The Morgan fingerprint density at radius 1 is 0.558 bits per heavy atom. The van der Waals surface area contributed by atoms with Gasteiger partial charge in [0.25, 0.3) is 5.79 Å². The van der Waals surface area contributed by atoms with Crippen LogP contribution in [0.3, 0.4) is 0 Å². The highest BCUT2D eigenvalue weighted by atomic mass is 16.8. The van der Waals surface area contributed by atoms with Gasteiger partial charge in [-0.25, -0.2) is 4.79 Å². The first-order valence-corrected chi connectivity index (χ1v) is 33.4. The molecule has 0 spiro atoms. The van der Waals surface area contributed by atoms with E-state index in [1.807, 2.05) is 0 Å². The number of aliphatic hydroxyl groups excluding tert-OH is 11. The van der Waals surface area contributed by atoms with Crippen molar-refractivity contribution in [2.24, 2.45) is 0 Å². The van der Waals surface area contributed by atoms with Gasteiger partial charge in [-0.05, 0) is 12.8 Å². The number of carbonyl (C=O) groups excluding carboxylic acids is 2. The number of aliphatic carboxylic acids is 1. The fraction of sp³-hybridized carbons (Fsp3) is 0.952. The second-order valence-corrected chi connectivity index (χ2v) is 24.7. The van der Waals surface area contributed by atoms with Crippen molar-refractivity contribution >= 4 is 17.8 Å². The number of amides is 2. The molecule has 2 amide bonds. The lowest BCUT2D eigenvalue weighted by Crippen LogP contribution is -2.70. The number of nitrogens with one attached hydrogen (secondary N) is 2. The van der Waals surface area contributed by atoms with Crippen molar-refractivity contribution in [3.63, 3.8) is 0 Å². The highest BCUT2D eigenvalue weighted by molar-refractivity contribution is 5.77. The van der Waals surface area contributed by atoms with Gasteiger partial charge < -0.3 is 100 Å². The van der Waals surface area contributed by atoms with E-state index in [2.05, 4.69) is 24.5 Å². The summed E-state index contributed by atoms with van der Waals surface area (Å²) in [6.07, 6.45) is 9.68. The third kappa shape index (κ3) is 28.1. The number of rotatable bonds is 50. The molecule has 3 aliphatic heterocycles. The van der Waals surface area contributed by atoms with E-state index in [1.54, 1.807) is 0 Å². The summed E-state index contributed by atoms with van der Waals surface area (Å²) >= 11 is 0. The molecule has 23 nitrogen and oxygen atoms in total. The van der Waals surface area contributed by atoms with Crippen molar-refractivity contribution in [3.05, 3.63) is 0 Å². The Morgan fingerprint density at radius 3 is 1.45 bits per heavy atom. The lowest BCUT2D eigenvalue weighted by Gasteiger charge is -2.50. The Bertz CT molecular complexity index is 1760. The average molecular weight is 1240 g/mol. The van der Waals surface area contributed by atoms with Gasteiger partial charge in [0.2, 0.25) is 11.8 Å². The second-order valence-electron chi connectivity index (χ2n) is 24.7. The van der Waals surface area contributed by atoms with Crippen molar-refractivity contribution in [2.45, 2.75) is 355 Å². The zero-order valence-corrected chi connectivity index (χ0v) is 52.4. The minimum Gasteiger partial charge on any atom is -0.477 e. The van der Waals surface area contributed by atoms with Crippen LogP contribution in [0.2, 0.25) is 0 Å². The molecule has 0 aliphatic carbocycles. The summed E-state index contributed by atoms with van der Waals surface area (Å²) in [6, 6.07) is -2.52. The van der Waals surface area contributed by atoms with Crippen LogP contribution in [0.4, 0.5) is 0 Å². The first-order chi connectivity index (χ1) is 41.4. The second kappa shape index (κ2) is 45.1. The van der Waals surface area contributed by atoms with Crippen molar-refractivity contribution < 1.29 is 104 Å². The zero-order valence-electron chi connectivity index (χ0n) is 52.4. The van der Waals surface area contributed by atoms with Crippen molar-refractivity contribution in [1.82, 2.24) is 10.6 Å². The van der Waals surface area contributed by atoms with E-state index in [4.69, 9.17) is 28.4 Å². The predicted molar refractivity (Wildman–Crippen MR) is 320 cm³/mol. The fourth-order valence-corrected chi connectivity index (χ4v) is 11.9. The Morgan fingerprint density at radius 2 is 1.01 bits per heavy atom. The van der Waals surface area contributed by atoms with Crippen LogP contribution in [0.1, 0.15) is 245 Å². The summed E-state index contributed by atoms with van der Waals surface area (Å²) < 4.78 is 34.8. The molecule has 0 aromatic carbocycles. The molecule has 3 aliphatic rings. The molecule has 0 aromatic rings. The monoisotopic (exact) mass is 1240 g/mol. The summed E-state index contributed by atoms with van der Waals surface area (Å²) in [5.74, 6) is -6.09. The molecule has 18 atom stereocenters. The highest BCUT2D eigenvalue weighted by Crippen LogP contribution is 2.39. The minimum absolute atomic E-state index is 0.228. The van der Waals surface area contributed by atoms with Gasteiger partial charge in [0.1, 0.15) is 67.1 Å². The van der Waals surface area contributed by atoms with E-state index < -0.39 is 148 Å². The van der Waals surface area contributed by atoms with Crippen LogP contribution in [0.5, 0.6) is 0 Å². The number of carboxylic acids is 1. The molecule has 3 heterocycles. The summed E-state index contributed by atoms with van der Waals surface area (Å²) in [5.41, 5.74) is 0. The molecule has 506 valence electrons. The van der Waals surface area contributed by atoms with Crippen LogP contribution in [-0.4, -0.2) is 215 Å². The molecular formula is C63H118N2O21. The molecular weight excluding hydrogens is 1120 g/mol. The molecule has 18 unspecified atom stereocenters. The number of carbonyl (C=O) groups is 3. The number of ether oxygens (including phenoxy) is 6. The molecule has 0 radical (unpaired) electrons. The average Bonchev–Trinajstić information content (AvgIpc) is 2.45. The summed E-state index contributed by atoms with van der Waals surface area (Å²) in [5, 5.41) is 136. The van der Waals surface area contributed by atoms with Gasteiger partial charge in [0.05, 0.1) is 50.7 Å². The van der Waals surface area contributed by atoms with Gasteiger partial charge >= 0.3 is 5.97 Å². The highest BCUT2D eigenvalue weighted by Gasteiger charge is 2.60. The maximum Gasteiger partial charge on any atom is 0.364 e. The van der Waals surface area contributed by atoms with Crippen LogP contribution in [-0.2, 0) is 42.8 Å². The third-order valence-corrected chi connectivity index (χ3v) is 17.3. The van der Waals surface area contributed by atoms with Crippen molar-refractivity contribution in [3.8, 4) is 0 Å². The molecule has 86 heavy (non-hydrogen) atoms. The van der Waals surface area contributed by atoms with E-state index in [-0.39, 0.29) is 18.9 Å². The molecule has 0 bridgehead atoms. The van der Waals surface area contributed by atoms with Gasteiger partial charge in [-0.1, -0.05) is 213 Å². The Labute approximate surface area is 512 Å². The van der Waals surface area contributed by atoms with Crippen LogP contribution < -0.4 is 10.6 Å². The molecule has 0 aromatic heterocycles. The standard InChI is InChI=1S/C63H118N2O21/c1-4-6-8-10-12-14-16-18-19-20-21-22-23-25-26-28-30-32-34-36-45(70)44(65-50(73)37-35-33-31-29-27-24-17-15-13-11-9-7-5-2)42-81-60-55(77)54(76)57(49(41-68)83-60)84-61-56(78)59(53(75)48(40-67)82-61)86-63(62(79)80)38-46(71)51(64-43(3)69)58(85-63)52(74)47(72)39-66/h44-49,51-61,66-68,70-72,74-78H,4-42H2,1-3H3,(H,64,69)(H,65,73)(H,79,80). The van der Waals surface area contributed by atoms with Gasteiger partial charge in [-0.15, -0.1) is 0 Å². The molecule has 3 rings (SSSR count). The molecule has 23 heteroatoms. The van der Waals surface area contributed by atoms with Crippen LogP contribution in [0.25, 0.3) is 0 Å².